The Morgan fingerprint density at radius 1 is 1.00 bits per heavy atom. The van der Waals surface area contributed by atoms with Crippen molar-refractivity contribution in [3.8, 4) is 5.69 Å². The Morgan fingerprint density at radius 2 is 1.77 bits per heavy atom. The summed E-state index contributed by atoms with van der Waals surface area (Å²) in [6, 6.07) is 17.3. The molecule has 47 heavy (non-hydrogen) atoms. The quantitative estimate of drug-likeness (QED) is 0.300. The Labute approximate surface area is 268 Å². The number of pyridine rings is 1. The van der Waals surface area contributed by atoms with Crippen LogP contribution in [0.25, 0.3) is 5.69 Å². The molecule has 0 saturated heterocycles. The van der Waals surface area contributed by atoms with Crippen molar-refractivity contribution in [1.82, 2.24) is 30.3 Å². The number of carbonyl (C=O) groups excluding carboxylic acids is 3. The van der Waals surface area contributed by atoms with E-state index in [1.165, 1.54) is 11.0 Å². The molecule has 2 aliphatic rings. The zero-order valence-electron chi connectivity index (χ0n) is 25.7. The predicted octanol–water partition coefficient (Wildman–Crippen LogP) is 4.07. The molecule has 4 heterocycles. The minimum absolute atomic E-state index is 0.118. The average molecular weight is 644 g/mol. The molecule has 2 aliphatic heterocycles. The third kappa shape index (κ3) is 6.39. The molecule has 3 amide bonds. The largest absolute Gasteiger partial charge is 0.416 e. The number of anilines is 1. The monoisotopic (exact) mass is 643 g/mol. The van der Waals surface area contributed by atoms with Crippen LogP contribution in [0, 0.1) is 0 Å². The molecule has 2 aromatic heterocycles. The van der Waals surface area contributed by atoms with E-state index in [4.69, 9.17) is 4.98 Å². The van der Waals surface area contributed by atoms with Gasteiger partial charge in [0.1, 0.15) is 11.9 Å². The Balaban J connectivity index is 1.39. The van der Waals surface area contributed by atoms with Gasteiger partial charge in [0.2, 0.25) is 5.91 Å². The molecule has 2 N–H and O–H groups in total. The number of alkyl halides is 3. The van der Waals surface area contributed by atoms with Gasteiger partial charge in [0.05, 0.1) is 41.3 Å². The Hall–Kier alpha value is -5.30. The fourth-order valence-electron chi connectivity index (χ4n) is 5.94. The number of para-hydroxylation sites is 1. The molecular weight excluding hydrogens is 611 g/mol. The summed E-state index contributed by atoms with van der Waals surface area (Å²) in [6.07, 6.45) is -1.16. The predicted molar refractivity (Wildman–Crippen MR) is 168 cm³/mol. The summed E-state index contributed by atoms with van der Waals surface area (Å²) in [5.41, 5.74) is 1.69. The number of fused-ring (bicyclic) bond motifs is 1. The van der Waals surface area contributed by atoms with Crippen LogP contribution in [0.4, 0.5) is 19.0 Å². The number of nitrogens with zero attached hydrogens (tertiary/aromatic N) is 5. The van der Waals surface area contributed by atoms with Gasteiger partial charge in [-0.15, -0.1) is 0 Å². The standard InChI is InChI=1S/C34H32F3N7O3/c1-3-43-32-26(19-39-44(32)25-12-5-4-6-13-25)28(27-14-8-11-24(40-27)18-38-30(45)22-15-16-42(2)20-22)29(33(43)47)41-31(46)21-9-7-10-23(17-21)34(35,36)37/h4-15,17,19,28-29H,3,16,18,20H2,1-2H3,(H,38,45)(H,41,46)/t28-,29-/m0/s1. The maximum Gasteiger partial charge on any atom is 0.416 e. The number of rotatable bonds is 8. The van der Waals surface area contributed by atoms with Gasteiger partial charge in [0, 0.05) is 36.3 Å². The first-order chi connectivity index (χ1) is 22.5. The highest BCUT2D eigenvalue weighted by Gasteiger charge is 2.45. The fourth-order valence-corrected chi connectivity index (χ4v) is 5.94. The van der Waals surface area contributed by atoms with Crippen LogP contribution in [-0.2, 0) is 22.3 Å². The molecular formula is C34H32F3N7O3. The third-order valence-corrected chi connectivity index (χ3v) is 8.24. The Bertz CT molecular complexity index is 1850. The number of aromatic nitrogens is 3. The Morgan fingerprint density at radius 3 is 2.47 bits per heavy atom. The molecule has 0 spiro atoms. The number of benzene rings is 2. The van der Waals surface area contributed by atoms with E-state index in [1.807, 2.05) is 48.4 Å². The summed E-state index contributed by atoms with van der Waals surface area (Å²) in [7, 11) is 1.92. The highest BCUT2D eigenvalue weighted by Crippen LogP contribution is 2.41. The van der Waals surface area contributed by atoms with E-state index in [1.54, 1.807) is 36.0 Å². The van der Waals surface area contributed by atoms with Gasteiger partial charge in [-0.25, -0.2) is 4.68 Å². The highest BCUT2D eigenvalue weighted by atomic mass is 19.4. The molecule has 10 nitrogen and oxygen atoms in total. The fraction of sp³-hybridized carbons (Fsp3) is 0.265. The summed E-state index contributed by atoms with van der Waals surface area (Å²) in [4.78, 5) is 48.8. The lowest BCUT2D eigenvalue weighted by Gasteiger charge is -2.37. The zero-order chi connectivity index (χ0) is 33.3. The average Bonchev–Trinajstić information content (AvgIpc) is 3.71. The smallest absolute Gasteiger partial charge is 0.347 e. The van der Waals surface area contributed by atoms with E-state index in [0.29, 0.717) is 47.1 Å². The van der Waals surface area contributed by atoms with Gasteiger partial charge in [-0.2, -0.15) is 18.3 Å². The maximum absolute atomic E-state index is 14.2. The van der Waals surface area contributed by atoms with Crippen molar-refractivity contribution in [3.63, 3.8) is 0 Å². The molecule has 0 bridgehead atoms. The van der Waals surface area contributed by atoms with E-state index in [2.05, 4.69) is 15.7 Å². The number of halogens is 3. The summed E-state index contributed by atoms with van der Waals surface area (Å²) in [6.45, 7) is 3.37. The van der Waals surface area contributed by atoms with Crippen LogP contribution in [0.5, 0.6) is 0 Å². The normalized spacial score (nSPS) is 18.1. The number of nitrogens with one attached hydrogen (secondary N) is 2. The van der Waals surface area contributed by atoms with Crippen molar-refractivity contribution in [2.24, 2.45) is 0 Å². The van der Waals surface area contributed by atoms with Gasteiger partial charge >= 0.3 is 6.18 Å². The van der Waals surface area contributed by atoms with Crippen LogP contribution in [0.3, 0.4) is 0 Å². The minimum atomic E-state index is -4.65. The first-order valence-electron chi connectivity index (χ1n) is 15.1. The summed E-state index contributed by atoms with van der Waals surface area (Å²) < 4.78 is 42.0. The second-order valence-electron chi connectivity index (χ2n) is 11.4. The molecule has 0 unspecified atom stereocenters. The summed E-state index contributed by atoms with van der Waals surface area (Å²) in [5.74, 6) is -1.87. The van der Waals surface area contributed by atoms with Crippen molar-refractivity contribution in [3.05, 3.63) is 119 Å². The highest BCUT2D eigenvalue weighted by molar-refractivity contribution is 6.05. The first-order valence-corrected chi connectivity index (χ1v) is 15.1. The topological polar surface area (TPSA) is 112 Å². The van der Waals surface area contributed by atoms with Gasteiger partial charge in [-0.05, 0) is 56.4 Å². The summed E-state index contributed by atoms with van der Waals surface area (Å²) >= 11 is 0. The first kappa shape index (κ1) is 31.7. The van der Waals surface area contributed by atoms with Crippen molar-refractivity contribution in [2.75, 3.05) is 31.6 Å². The van der Waals surface area contributed by atoms with E-state index in [9.17, 15) is 27.6 Å². The van der Waals surface area contributed by atoms with Crippen molar-refractivity contribution in [2.45, 2.75) is 31.6 Å². The molecule has 0 saturated carbocycles. The number of carbonyl (C=O) groups is 3. The van der Waals surface area contributed by atoms with Crippen LogP contribution in [0.2, 0.25) is 0 Å². The van der Waals surface area contributed by atoms with Crippen molar-refractivity contribution >= 4 is 23.5 Å². The van der Waals surface area contributed by atoms with E-state index < -0.39 is 35.5 Å². The molecule has 2 aromatic carbocycles. The van der Waals surface area contributed by atoms with E-state index in [-0.39, 0.29) is 24.6 Å². The number of hydrogen-bond acceptors (Lipinski definition) is 6. The molecule has 0 aliphatic carbocycles. The Kier molecular flexibility index (Phi) is 8.65. The lowest BCUT2D eigenvalue weighted by molar-refractivity contribution is -0.137. The van der Waals surface area contributed by atoms with Crippen LogP contribution in [-0.4, -0.2) is 70.1 Å². The van der Waals surface area contributed by atoms with Crippen LogP contribution >= 0.6 is 0 Å². The lowest BCUT2D eigenvalue weighted by Crippen LogP contribution is -2.55. The molecule has 0 radical (unpaired) electrons. The van der Waals surface area contributed by atoms with Crippen LogP contribution < -0.4 is 15.5 Å². The molecule has 2 atom stereocenters. The molecule has 242 valence electrons. The molecule has 4 aromatic rings. The van der Waals surface area contributed by atoms with Crippen molar-refractivity contribution < 1.29 is 27.6 Å². The number of hydrogen-bond donors (Lipinski definition) is 2. The van der Waals surface area contributed by atoms with Crippen LogP contribution in [0.1, 0.15) is 45.7 Å². The van der Waals surface area contributed by atoms with Gasteiger partial charge in [-0.1, -0.05) is 36.4 Å². The van der Waals surface area contributed by atoms with Crippen molar-refractivity contribution in [1.29, 1.82) is 0 Å². The van der Waals surface area contributed by atoms with E-state index in [0.717, 1.165) is 18.2 Å². The van der Waals surface area contributed by atoms with Gasteiger partial charge in [0.25, 0.3) is 11.8 Å². The zero-order valence-corrected chi connectivity index (χ0v) is 25.7. The second kappa shape index (κ2) is 12.8. The van der Waals surface area contributed by atoms with Gasteiger partial charge < -0.3 is 10.6 Å². The molecule has 0 fully saturated rings. The molecule has 6 rings (SSSR count). The minimum Gasteiger partial charge on any atom is -0.347 e. The van der Waals surface area contributed by atoms with Crippen LogP contribution in [0.15, 0.2) is 90.6 Å². The third-order valence-electron chi connectivity index (χ3n) is 8.24. The van der Waals surface area contributed by atoms with Gasteiger partial charge in [0.15, 0.2) is 0 Å². The number of amides is 3. The lowest BCUT2D eigenvalue weighted by atomic mass is 9.84. The summed E-state index contributed by atoms with van der Waals surface area (Å²) in [5, 5.41) is 10.2. The van der Waals surface area contributed by atoms with Gasteiger partial charge in [-0.3, -0.25) is 29.2 Å². The number of likely N-dealkylation sites (N-methyl/N-ethyl adjacent to an activating group) is 2. The molecule has 13 heteroatoms. The second-order valence-corrected chi connectivity index (χ2v) is 11.4. The SMILES string of the molecule is CCN1C(=O)[C@@H](NC(=O)c2cccc(C(F)(F)F)c2)[C@H](c2cccc(CNC(=O)C3=CCN(C)C3)n2)c2cnn(-c3ccccc3)c21. The maximum atomic E-state index is 14.2. The van der Waals surface area contributed by atoms with E-state index >= 15 is 0 Å².